The van der Waals surface area contributed by atoms with Crippen LogP contribution in [0.4, 0.5) is 0 Å². The summed E-state index contributed by atoms with van der Waals surface area (Å²) in [5, 5.41) is 13.0. The fourth-order valence-corrected chi connectivity index (χ4v) is 2.89. The van der Waals surface area contributed by atoms with Crippen LogP contribution >= 0.6 is 11.8 Å². The molecule has 0 aromatic carbocycles. The van der Waals surface area contributed by atoms with Crippen LogP contribution < -0.4 is 5.32 Å². The summed E-state index contributed by atoms with van der Waals surface area (Å²) in [7, 11) is 0. The number of rotatable bonds is 8. The second-order valence-corrected chi connectivity index (χ2v) is 7.25. The fourth-order valence-electron chi connectivity index (χ4n) is 2.12. The molecule has 1 atom stereocenters. The van der Waals surface area contributed by atoms with Gasteiger partial charge in [0.05, 0.1) is 17.6 Å². The molecule has 4 nitrogen and oxygen atoms in total. The van der Waals surface area contributed by atoms with Gasteiger partial charge in [-0.15, -0.1) is 11.8 Å². The molecule has 0 saturated heterocycles. The molecule has 5 heteroatoms. The maximum atomic E-state index is 11.8. The Balaban J connectivity index is 2.28. The second-order valence-electron chi connectivity index (χ2n) is 6.27. The lowest BCUT2D eigenvalue weighted by molar-refractivity contribution is -0.119. The van der Waals surface area contributed by atoms with Crippen molar-refractivity contribution in [2.75, 3.05) is 12.3 Å². The molecule has 0 spiro atoms. The first-order valence-corrected chi connectivity index (χ1v) is 8.41. The average Bonchev–Trinajstić information content (AvgIpc) is 2.45. The van der Waals surface area contributed by atoms with Gasteiger partial charge >= 0.3 is 0 Å². The first kappa shape index (κ1) is 18.0. The van der Waals surface area contributed by atoms with Crippen LogP contribution in [-0.4, -0.2) is 34.4 Å². The molecule has 0 aliphatic carbocycles. The molecule has 0 unspecified atom stereocenters. The maximum Gasteiger partial charge on any atom is 0.230 e. The van der Waals surface area contributed by atoms with Gasteiger partial charge in [-0.05, 0) is 18.1 Å². The van der Waals surface area contributed by atoms with E-state index in [1.54, 1.807) is 18.0 Å². The zero-order chi connectivity index (χ0) is 15.9. The van der Waals surface area contributed by atoms with Crippen molar-refractivity contribution < 1.29 is 9.90 Å². The third-order valence-corrected chi connectivity index (χ3v) is 4.35. The molecule has 1 amide bonds. The Morgan fingerprint density at radius 2 is 2.14 bits per heavy atom. The summed E-state index contributed by atoms with van der Waals surface area (Å²) in [6.07, 6.45) is 1.32. The molecule has 1 rings (SSSR count). The Morgan fingerprint density at radius 1 is 1.43 bits per heavy atom. The summed E-state index contributed by atoms with van der Waals surface area (Å²) >= 11 is 1.54. The third kappa shape index (κ3) is 6.48. The van der Waals surface area contributed by atoms with E-state index in [1.165, 1.54) is 0 Å². The van der Waals surface area contributed by atoms with Crippen LogP contribution in [0.15, 0.2) is 24.4 Å². The highest BCUT2D eigenvalue weighted by atomic mass is 32.2. The minimum atomic E-state index is -0.432. The largest absolute Gasteiger partial charge is 0.392 e. The molecule has 0 saturated carbocycles. The summed E-state index contributed by atoms with van der Waals surface area (Å²) in [5.74, 6) is 1.31. The number of carbonyl (C=O) groups excluding carboxylic acids is 1. The monoisotopic (exact) mass is 310 g/mol. The number of aromatic nitrogens is 1. The van der Waals surface area contributed by atoms with Gasteiger partial charge in [-0.2, -0.15) is 0 Å². The van der Waals surface area contributed by atoms with E-state index >= 15 is 0 Å². The number of hydrogen-bond donors (Lipinski definition) is 2. The van der Waals surface area contributed by atoms with Crippen LogP contribution in [0, 0.1) is 11.3 Å². The highest BCUT2D eigenvalue weighted by Crippen LogP contribution is 2.25. The molecule has 0 fully saturated rings. The first-order chi connectivity index (χ1) is 9.83. The zero-order valence-electron chi connectivity index (χ0n) is 13.3. The van der Waals surface area contributed by atoms with E-state index in [1.807, 2.05) is 45.9 Å². The van der Waals surface area contributed by atoms with Gasteiger partial charge in [0.15, 0.2) is 0 Å². The quantitative estimate of drug-likeness (QED) is 0.774. The predicted octanol–water partition coefficient (Wildman–Crippen LogP) is 2.47. The Labute approximate surface area is 131 Å². The number of aliphatic hydroxyl groups excluding tert-OH is 1. The van der Waals surface area contributed by atoms with Crippen LogP contribution in [0.5, 0.6) is 0 Å². The van der Waals surface area contributed by atoms with Crippen molar-refractivity contribution in [1.29, 1.82) is 0 Å². The lowest BCUT2D eigenvalue weighted by Gasteiger charge is -2.33. The van der Waals surface area contributed by atoms with Gasteiger partial charge in [-0.3, -0.25) is 9.78 Å². The number of nitrogens with one attached hydrogen (secondary N) is 1. The lowest BCUT2D eigenvalue weighted by Crippen LogP contribution is -2.44. The molecule has 118 valence electrons. The Kier molecular flexibility index (Phi) is 7.18. The Bertz CT molecular complexity index is 435. The minimum Gasteiger partial charge on any atom is -0.392 e. The van der Waals surface area contributed by atoms with Crippen LogP contribution in [-0.2, 0) is 10.5 Å². The van der Waals surface area contributed by atoms with Crippen molar-refractivity contribution in [3.05, 3.63) is 30.1 Å². The van der Waals surface area contributed by atoms with Crippen molar-refractivity contribution in [3.8, 4) is 0 Å². The second kappa shape index (κ2) is 8.39. The SMILES string of the molecule is CC(C)[C@@H](O)C(C)(C)CNC(=O)CSCc1ccccn1. The summed E-state index contributed by atoms with van der Waals surface area (Å²) in [4.78, 5) is 16.1. The lowest BCUT2D eigenvalue weighted by atomic mass is 9.81. The molecule has 1 aromatic heterocycles. The fraction of sp³-hybridized carbons (Fsp3) is 0.625. The molecule has 1 aromatic rings. The Hall–Kier alpha value is -1.07. The molecule has 1 heterocycles. The van der Waals surface area contributed by atoms with Crippen molar-refractivity contribution in [2.45, 2.75) is 39.6 Å². The van der Waals surface area contributed by atoms with E-state index in [9.17, 15) is 9.90 Å². The van der Waals surface area contributed by atoms with Crippen molar-refractivity contribution in [2.24, 2.45) is 11.3 Å². The standard InChI is InChI=1S/C16H26N2O2S/c1-12(2)15(20)16(3,4)11-18-14(19)10-21-9-13-7-5-6-8-17-13/h5-8,12,15,20H,9-11H2,1-4H3,(H,18,19)/t15-/m1/s1. The van der Waals surface area contributed by atoms with Gasteiger partial charge in [0, 0.05) is 23.9 Å². The summed E-state index contributed by atoms with van der Waals surface area (Å²) in [5.41, 5.74) is 0.654. The van der Waals surface area contributed by atoms with E-state index in [-0.39, 0.29) is 17.2 Å². The van der Waals surface area contributed by atoms with Crippen molar-refractivity contribution >= 4 is 17.7 Å². The number of carbonyl (C=O) groups is 1. The van der Waals surface area contributed by atoms with E-state index in [2.05, 4.69) is 10.3 Å². The molecule has 21 heavy (non-hydrogen) atoms. The van der Waals surface area contributed by atoms with Crippen LogP contribution in [0.3, 0.4) is 0 Å². The van der Waals surface area contributed by atoms with Gasteiger partial charge in [-0.25, -0.2) is 0 Å². The average molecular weight is 310 g/mol. The number of nitrogens with zero attached hydrogens (tertiary/aromatic N) is 1. The van der Waals surface area contributed by atoms with Gasteiger partial charge in [0.2, 0.25) is 5.91 Å². The molecular formula is C16H26N2O2S. The van der Waals surface area contributed by atoms with E-state index in [0.29, 0.717) is 12.3 Å². The van der Waals surface area contributed by atoms with Gasteiger partial charge in [0.1, 0.15) is 0 Å². The van der Waals surface area contributed by atoms with Crippen molar-refractivity contribution in [3.63, 3.8) is 0 Å². The van der Waals surface area contributed by atoms with Crippen molar-refractivity contribution in [1.82, 2.24) is 10.3 Å². The highest BCUT2D eigenvalue weighted by molar-refractivity contribution is 7.99. The van der Waals surface area contributed by atoms with Crippen LogP contribution in [0.2, 0.25) is 0 Å². The van der Waals surface area contributed by atoms with Gasteiger partial charge < -0.3 is 10.4 Å². The normalized spacial score (nSPS) is 13.2. The summed E-state index contributed by atoms with van der Waals surface area (Å²) in [6, 6.07) is 5.77. The van der Waals surface area contributed by atoms with Gasteiger partial charge in [0.25, 0.3) is 0 Å². The number of amides is 1. The zero-order valence-corrected chi connectivity index (χ0v) is 14.1. The van der Waals surface area contributed by atoms with Crippen LogP contribution in [0.1, 0.15) is 33.4 Å². The molecule has 0 radical (unpaired) electrons. The van der Waals surface area contributed by atoms with E-state index < -0.39 is 6.10 Å². The number of pyridine rings is 1. The Morgan fingerprint density at radius 3 is 2.71 bits per heavy atom. The molecular weight excluding hydrogens is 284 g/mol. The van der Waals surface area contributed by atoms with E-state index in [4.69, 9.17) is 0 Å². The number of aliphatic hydroxyl groups is 1. The molecule has 2 N–H and O–H groups in total. The highest BCUT2D eigenvalue weighted by Gasteiger charge is 2.30. The molecule has 0 bridgehead atoms. The third-order valence-electron chi connectivity index (χ3n) is 3.38. The topological polar surface area (TPSA) is 62.2 Å². The van der Waals surface area contributed by atoms with Crippen LogP contribution in [0.25, 0.3) is 0 Å². The summed E-state index contributed by atoms with van der Waals surface area (Å²) < 4.78 is 0. The molecule has 0 aliphatic rings. The minimum absolute atomic E-state index is 0.0000350. The molecule has 0 aliphatic heterocycles. The summed E-state index contributed by atoms with van der Waals surface area (Å²) in [6.45, 7) is 8.39. The smallest absolute Gasteiger partial charge is 0.230 e. The van der Waals surface area contributed by atoms with E-state index in [0.717, 1.165) is 11.4 Å². The predicted molar refractivity (Wildman–Crippen MR) is 88.0 cm³/mol. The first-order valence-electron chi connectivity index (χ1n) is 7.25. The maximum absolute atomic E-state index is 11.8. The number of hydrogen-bond acceptors (Lipinski definition) is 4. The van der Waals surface area contributed by atoms with Gasteiger partial charge in [-0.1, -0.05) is 33.8 Å². The number of thioether (sulfide) groups is 1.